The van der Waals surface area contributed by atoms with E-state index in [1.807, 2.05) is 13.1 Å². The molecule has 0 unspecified atom stereocenters. The lowest BCUT2D eigenvalue weighted by molar-refractivity contribution is 0.516. The Bertz CT molecular complexity index is 355. The maximum atomic E-state index is 4.12. The molecule has 0 bridgehead atoms. The highest BCUT2D eigenvalue weighted by Gasteiger charge is 2.11. The fourth-order valence-electron chi connectivity index (χ4n) is 1.17. The lowest BCUT2D eigenvalue weighted by atomic mass is 10.1. The van der Waals surface area contributed by atoms with Crippen LogP contribution in [-0.2, 0) is 0 Å². The third-order valence-corrected chi connectivity index (χ3v) is 1.92. The number of hydrogen-bond acceptors (Lipinski definition) is 3. The van der Waals surface area contributed by atoms with Gasteiger partial charge in [-0.2, -0.15) is 5.10 Å². The van der Waals surface area contributed by atoms with Crippen LogP contribution in [0.1, 0.15) is 11.1 Å². The molecular weight excluding hydrogens is 150 g/mol. The summed E-state index contributed by atoms with van der Waals surface area (Å²) in [5.74, 6) is 0. The molecule has 1 aromatic rings. The van der Waals surface area contributed by atoms with Crippen molar-refractivity contribution in [2.45, 2.75) is 0 Å². The number of hydrazone groups is 1. The van der Waals surface area contributed by atoms with Crippen molar-refractivity contribution in [3.8, 4) is 0 Å². The second kappa shape index (κ2) is 2.44. The van der Waals surface area contributed by atoms with E-state index in [9.17, 15) is 0 Å². The molecule has 1 aromatic heterocycles. The summed E-state index contributed by atoms with van der Waals surface area (Å²) >= 11 is 0. The highest BCUT2D eigenvalue weighted by Crippen LogP contribution is 2.21. The van der Waals surface area contributed by atoms with Crippen molar-refractivity contribution in [1.82, 2.24) is 9.99 Å². The van der Waals surface area contributed by atoms with Crippen LogP contribution in [0.25, 0.3) is 5.70 Å². The van der Waals surface area contributed by atoms with Crippen LogP contribution in [0.3, 0.4) is 0 Å². The van der Waals surface area contributed by atoms with Crippen molar-refractivity contribution in [3.63, 3.8) is 0 Å². The predicted molar refractivity (Wildman–Crippen MR) is 48.6 cm³/mol. The minimum atomic E-state index is 0.912. The third kappa shape index (κ3) is 0.906. The summed E-state index contributed by atoms with van der Waals surface area (Å²) in [5, 5.41) is 5.87. The van der Waals surface area contributed by atoms with Crippen LogP contribution in [0.15, 0.2) is 30.1 Å². The number of pyridine rings is 1. The fourth-order valence-corrected chi connectivity index (χ4v) is 1.17. The third-order valence-electron chi connectivity index (χ3n) is 1.92. The van der Waals surface area contributed by atoms with Gasteiger partial charge >= 0.3 is 0 Å². The second-order valence-electron chi connectivity index (χ2n) is 2.68. The normalized spacial score (nSPS) is 14.8. The minimum Gasteiger partial charge on any atom is -0.269 e. The van der Waals surface area contributed by atoms with E-state index in [-0.39, 0.29) is 0 Å². The molecule has 0 N–H and O–H groups in total. The van der Waals surface area contributed by atoms with Gasteiger partial charge in [0.1, 0.15) is 0 Å². The summed E-state index contributed by atoms with van der Waals surface area (Å²) in [4.78, 5) is 4.01. The molecule has 1 aliphatic heterocycles. The average molecular weight is 159 g/mol. The summed E-state index contributed by atoms with van der Waals surface area (Å²) in [5.41, 5.74) is 3.04. The Morgan fingerprint density at radius 2 is 2.33 bits per heavy atom. The van der Waals surface area contributed by atoms with E-state index in [1.54, 1.807) is 23.6 Å². The van der Waals surface area contributed by atoms with E-state index in [0.717, 1.165) is 16.8 Å². The maximum absolute atomic E-state index is 4.12. The van der Waals surface area contributed by atoms with Crippen molar-refractivity contribution in [2.24, 2.45) is 5.10 Å². The molecule has 0 radical (unpaired) electrons. The Hall–Kier alpha value is -1.64. The van der Waals surface area contributed by atoms with Crippen molar-refractivity contribution >= 4 is 11.9 Å². The van der Waals surface area contributed by atoms with E-state index < -0.39 is 0 Å². The van der Waals surface area contributed by atoms with Gasteiger partial charge in [0.15, 0.2) is 0 Å². The highest BCUT2D eigenvalue weighted by molar-refractivity contribution is 5.89. The SMILES string of the molecule is C=C1c2ccncc2C=NN1C. The zero-order valence-electron chi connectivity index (χ0n) is 6.86. The molecule has 0 atom stereocenters. The zero-order chi connectivity index (χ0) is 8.55. The molecule has 1 aliphatic rings. The van der Waals surface area contributed by atoms with Gasteiger partial charge in [0.2, 0.25) is 0 Å². The molecule has 0 saturated heterocycles. The van der Waals surface area contributed by atoms with Crippen LogP contribution in [-0.4, -0.2) is 23.3 Å². The first-order chi connectivity index (χ1) is 5.79. The van der Waals surface area contributed by atoms with Gasteiger partial charge in [-0.1, -0.05) is 6.58 Å². The first kappa shape index (κ1) is 7.03. The molecule has 0 aliphatic carbocycles. The molecule has 0 saturated carbocycles. The van der Waals surface area contributed by atoms with Crippen molar-refractivity contribution < 1.29 is 0 Å². The quantitative estimate of drug-likeness (QED) is 0.571. The molecule has 3 heteroatoms. The van der Waals surface area contributed by atoms with E-state index in [0.29, 0.717) is 0 Å². The summed E-state index contributed by atoms with van der Waals surface area (Å²) in [6.45, 7) is 3.92. The first-order valence-corrected chi connectivity index (χ1v) is 3.70. The molecule has 2 heterocycles. The van der Waals surface area contributed by atoms with Gasteiger partial charge in [-0.05, 0) is 6.07 Å². The minimum absolute atomic E-state index is 0.912. The molecule has 0 aromatic carbocycles. The van der Waals surface area contributed by atoms with E-state index >= 15 is 0 Å². The predicted octanol–water partition coefficient (Wildman–Crippen LogP) is 1.33. The monoisotopic (exact) mass is 159 g/mol. The second-order valence-corrected chi connectivity index (χ2v) is 2.68. The molecule has 0 spiro atoms. The van der Waals surface area contributed by atoms with E-state index in [4.69, 9.17) is 0 Å². The summed E-state index contributed by atoms with van der Waals surface area (Å²) < 4.78 is 0. The van der Waals surface area contributed by atoms with Crippen LogP contribution in [0, 0.1) is 0 Å². The first-order valence-electron chi connectivity index (χ1n) is 3.70. The van der Waals surface area contributed by atoms with Gasteiger partial charge in [0.05, 0.1) is 11.9 Å². The van der Waals surface area contributed by atoms with Crippen molar-refractivity contribution in [2.75, 3.05) is 7.05 Å². The lowest BCUT2D eigenvalue weighted by Crippen LogP contribution is -2.15. The summed E-state index contributed by atoms with van der Waals surface area (Å²) in [6.07, 6.45) is 5.34. The summed E-state index contributed by atoms with van der Waals surface area (Å²) in [6, 6.07) is 1.94. The van der Waals surface area contributed by atoms with Crippen LogP contribution in [0.4, 0.5) is 0 Å². The molecule has 0 amide bonds. The maximum Gasteiger partial charge on any atom is 0.0598 e. The van der Waals surface area contributed by atoms with Gasteiger partial charge in [0.25, 0.3) is 0 Å². The van der Waals surface area contributed by atoms with Crippen LogP contribution < -0.4 is 0 Å². The molecule has 0 fully saturated rings. The fraction of sp³-hybridized carbons (Fsp3) is 0.111. The topological polar surface area (TPSA) is 28.5 Å². The number of fused-ring (bicyclic) bond motifs is 1. The standard InChI is InChI=1S/C9H9N3/c1-7-9-3-4-10-5-8(9)6-11-12(7)2/h3-6H,1H2,2H3. The molecule has 2 rings (SSSR count). The molecule has 3 nitrogen and oxygen atoms in total. The van der Waals surface area contributed by atoms with Crippen LogP contribution in [0.5, 0.6) is 0 Å². The van der Waals surface area contributed by atoms with E-state index in [1.165, 1.54) is 0 Å². The van der Waals surface area contributed by atoms with Gasteiger partial charge < -0.3 is 0 Å². The molecular formula is C9H9N3. The van der Waals surface area contributed by atoms with Crippen LogP contribution in [0.2, 0.25) is 0 Å². The number of nitrogens with zero attached hydrogens (tertiary/aromatic N) is 3. The number of aromatic nitrogens is 1. The zero-order valence-corrected chi connectivity index (χ0v) is 6.86. The van der Waals surface area contributed by atoms with Crippen molar-refractivity contribution in [3.05, 3.63) is 36.2 Å². The largest absolute Gasteiger partial charge is 0.269 e. The highest BCUT2D eigenvalue weighted by atomic mass is 15.4. The Morgan fingerprint density at radius 3 is 3.17 bits per heavy atom. The lowest BCUT2D eigenvalue weighted by Gasteiger charge is -2.21. The van der Waals surface area contributed by atoms with Crippen molar-refractivity contribution in [1.29, 1.82) is 0 Å². The Balaban J connectivity index is 2.59. The summed E-state index contributed by atoms with van der Waals surface area (Å²) in [7, 11) is 1.88. The number of rotatable bonds is 0. The smallest absolute Gasteiger partial charge is 0.0598 e. The Labute approximate surface area is 71.0 Å². The van der Waals surface area contributed by atoms with Crippen LogP contribution >= 0.6 is 0 Å². The Morgan fingerprint density at radius 1 is 1.50 bits per heavy atom. The van der Waals surface area contributed by atoms with Gasteiger partial charge in [0, 0.05) is 30.6 Å². The number of hydrogen-bond donors (Lipinski definition) is 0. The Kier molecular flexibility index (Phi) is 1.43. The average Bonchev–Trinajstić information content (AvgIpc) is 2.12. The molecule has 12 heavy (non-hydrogen) atoms. The van der Waals surface area contributed by atoms with E-state index in [2.05, 4.69) is 16.7 Å². The van der Waals surface area contributed by atoms with Gasteiger partial charge in [-0.25, -0.2) is 0 Å². The van der Waals surface area contributed by atoms with Gasteiger partial charge in [-0.3, -0.25) is 9.99 Å². The molecule has 60 valence electrons. The van der Waals surface area contributed by atoms with Gasteiger partial charge in [-0.15, -0.1) is 0 Å².